The van der Waals surface area contributed by atoms with E-state index in [4.69, 9.17) is 27.9 Å². The van der Waals surface area contributed by atoms with Crippen molar-refractivity contribution in [1.82, 2.24) is 4.90 Å². The first-order valence-electron chi connectivity index (χ1n) is 11.8. The van der Waals surface area contributed by atoms with Gasteiger partial charge in [-0.05, 0) is 68.3 Å². The summed E-state index contributed by atoms with van der Waals surface area (Å²) in [6, 6.07) is 16.6. The Kier molecular flexibility index (Phi) is 8.07. The number of nitrogens with one attached hydrogen (secondary N) is 1. The van der Waals surface area contributed by atoms with E-state index in [1.54, 1.807) is 12.1 Å². The second-order valence-electron chi connectivity index (χ2n) is 8.99. The fourth-order valence-electron chi connectivity index (χ4n) is 4.27. The average Bonchev–Trinajstić information content (AvgIpc) is 2.86. The molecule has 4 rings (SSSR count). The fourth-order valence-corrected chi connectivity index (χ4v) is 4.68. The molecule has 0 unspecified atom stereocenters. The van der Waals surface area contributed by atoms with Gasteiger partial charge < -0.3 is 19.9 Å². The molecule has 2 amide bonds. The van der Waals surface area contributed by atoms with Crippen molar-refractivity contribution >= 4 is 46.4 Å². The molecule has 0 aromatic heterocycles. The number of para-hydroxylation sites is 1. The number of amides is 2. The number of hydrogen-bond donors (Lipinski definition) is 1. The summed E-state index contributed by atoms with van der Waals surface area (Å²) in [5, 5.41) is 4.16. The van der Waals surface area contributed by atoms with Crippen LogP contribution in [0.2, 0.25) is 10.0 Å². The first kappa shape index (κ1) is 25.9. The highest BCUT2D eigenvalue weighted by Gasteiger charge is 2.25. The fraction of sp³-hybridized carbons (Fsp3) is 0.286. The molecular weight excluding hydrogens is 497 g/mol. The van der Waals surface area contributed by atoms with E-state index >= 15 is 0 Å². The Balaban J connectivity index is 1.40. The Morgan fingerprint density at radius 1 is 0.917 bits per heavy atom. The molecule has 6 nitrogen and oxygen atoms in total. The van der Waals surface area contributed by atoms with Crippen LogP contribution in [0.4, 0.5) is 11.4 Å². The van der Waals surface area contributed by atoms with Gasteiger partial charge >= 0.3 is 0 Å². The molecule has 0 bridgehead atoms. The zero-order valence-electron chi connectivity index (χ0n) is 20.6. The lowest BCUT2D eigenvalue weighted by Gasteiger charge is -2.37. The summed E-state index contributed by atoms with van der Waals surface area (Å²) in [4.78, 5) is 29.5. The van der Waals surface area contributed by atoms with Gasteiger partial charge in [0, 0.05) is 36.8 Å². The maximum Gasteiger partial charge on any atom is 0.262 e. The zero-order valence-corrected chi connectivity index (χ0v) is 22.1. The van der Waals surface area contributed by atoms with Crippen LogP contribution in [0.3, 0.4) is 0 Å². The lowest BCUT2D eigenvalue weighted by Crippen LogP contribution is -2.49. The second-order valence-corrected chi connectivity index (χ2v) is 9.77. The summed E-state index contributed by atoms with van der Waals surface area (Å²) in [7, 11) is 0. The van der Waals surface area contributed by atoms with E-state index in [-0.39, 0.29) is 18.4 Å². The summed E-state index contributed by atoms with van der Waals surface area (Å²) in [6.45, 7) is 7.97. The van der Waals surface area contributed by atoms with Crippen LogP contribution >= 0.6 is 23.2 Å². The van der Waals surface area contributed by atoms with Crippen molar-refractivity contribution in [2.45, 2.75) is 20.8 Å². The van der Waals surface area contributed by atoms with Crippen molar-refractivity contribution in [3.63, 3.8) is 0 Å². The molecule has 188 valence electrons. The first-order chi connectivity index (χ1) is 17.2. The van der Waals surface area contributed by atoms with Gasteiger partial charge in [-0.15, -0.1) is 0 Å². The van der Waals surface area contributed by atoms with Gasteiger partial charge in [-0.25, -0.2) is 0 Å². The number of benzene rings is 3. The van der Waals surface area contributed by atoms with Crippen molar-refractivity contribution in [2.24, 2.45) is 0 Å². The van der Waals surface area contributed by atoms with E-state index in [2.05, 4.69) is 10.2 Å². The van der Waals surface area contributed by atoms with E-state index in [1.807, 2.05) is 68.1 Å². The van der Waals surface area contributed by atoms with E-state index in [9.17, 15) is 9.59 Å². The van der Waals surface area contributed by atoms with Crippen molar-refractivity contribution < 1.29 is 14.3 Å². The number of nitrogens with zero attached hydrogens (tertiary/aromatic N) is 2. The van der Waals surface area contributed by atoms with Gasteiger partial charge in [0.05, 0.1) is 16.4 Å². The number of carbonyl (C=O) groups is 2. The molecule has 1 aliphatic rings. The molecule has 3 aromatic rings. The number of anilines is 2. The maximum atomic E-state index is 12.9. The highest BCUT2D eigenvalue weighted by Crippen LogP contribution is 2.35. The van der Waals surface area contributed by atoms with Crippen LogP contribution in [0.25, 0.3) is 0 Å². The topological polar surface area (TPSA) is 61.9 Å². The second kappa shape index (κ2) is 11.2. The van der Waals surface area contributed by atoms with Gasteiger partial charge in [-0.2, -0.15) is 0 Å². The number of rotatable bonds is 6. The van der Waals surface area contributed by atoms with Crippen LogP contribution in [-0.2, 0) is 4.79 Å². The van der Waals surface area contributed by atoms with Crippen LogP contribution in [0.15, 0.2) is 54.6 Å². The average molecular weight is 526 g/mol. The van der Waals surface area contributed by atoms with Gasteiger partial charge in [0.2, 0.25) is 0 Å². The van der Waals surface area contributed by atoms with E-state index in [1.165, 1.54) is 0 Å². The predicted molar refractivity (Wildman–Crippen MR) is 146 cm³/mol. The Labute approximate surface area is 221 Å². The maximum absolute atomic E-state index is 12.9. The summed E-state index contributed by atoms with van der Waals surface area (Å²) in [5.74, 6) is 0.314. The van der Waals surface area contributed by atoms with Crippen molar-refractivity contribution in [1.29, 1.82) is 0 Å². The summed E-state index contributed by atoms with van der Waals surface area (Å²) >= 11 is 12.8. The number of ether oxygens (including phenoxy) is 1. The Hall–Kier alpha value is -3.22. The van der Waals surface area contributed by atoms with Crippen LogP contribution < -0.4 is 15.0 Å². The molecule has 1 saturated heterocycles. The van der Waals surface area contributed by atoms with Crippen LogP contribution in [0.5, 0.6) is 5.75 Å². The van der Waals surface area contributed by atoms with Gasteiger partial charge in [-0.1, -0.05) is 47.0 Å². The molecule has 8 heteroatoms. The Morgan fingerprint density at radius 2 is 1.56 bits per heavy atom. The molecule has 0 atom stereocenters. The van der Waals surface area contributed by atoms with Gasteiger partial charge in [0.25, 0.3) is 11.8 Å². The van der Waals surface area contributed by atoms with Gasteiger partial charge in [-0.3, -0.25) is 9.59 Å². The number of aryl methyl sites for hydroxylation is 3. The van der Waals surface area contributed by atoms with E-state index < -0.39 is 0 Å². The van der Waals surface area contributed by atoms with E-state index in [0.717, 1.165) is 22.4 Å². The minimum absolute atomic E-state index is 0.0205. The summed E-state index contributed by atoms with van der Waals surface area (Å²) < 4.78 is 5.70. The highest BCUT2D eigenvalue weighted by atomic mass is 35.5. The minimum atomic E-state index is -0.294. The molecule has 0 saturated carbocycles. The molecule has 1 N–H and O–H groups in total. The molecule has 0 aliphatic carbocycles. The van der Waals surface area contributed by atoms with Crippen LogP contribution in [-0.4, -0.2) is 49.5 Å². The Morgan fingerprint density at radius 3 is 2.19 bits per heavy atom. The monoisotopic (exact) mass is 525 g/mol. The molecule has 1 heterocycles. The van der Waals surface area contributed by atoms with Gasteiger partial charge in [0.15, 0.2) is 6.61 Å². The SMILES string of the molecule is Cc1ccc(C(=O)N2CCN(c3c(Cl)cccc3NC(=O)COc3cc(C)c(Cl)c(C)c3)CC2)cc1. The third kappa shape index (κ3) is 5.94. The van der Waals surface area contributed by atoms with Crippen LogP contribution in [0, 0.1) is 20.8 Å². The Bertz CT molecular complexity index is 1250. The standard InChI is InChI=1S/C28H29Cl2N3O3/c1-18-7-9-21(10-8-18)28(35)33-13-11-32(12-14-33)27-23(29)5-4-6-24(27)31-25(34)17-36-22-15-19(2)26(30)20(3)16-22/h4-10,15-16H,11-14,17H2,1-3H3,(H,31,34). The zero-order chi connectivity index (χ0) is 25.8. The third-order valence-electron chi connectivity index (χ3n) is 6.22. The number of piperazine rings is 1. The highest BCUT2D eigenvalue weighted by molar-refractivity contribution is 6.34. The molecule has 1 aliphatic heterocycles. The van der Waals surface area contributed by atoms with Crippen molar-refractivity contribution in [3.8, 4) is 5.75 Å². The lowest BCUT2D eigenvalue weighted by atomic mass is 10.1. The summed E-state index contributed by atoms with van der Waals surface area (Å²) in [5.41, 5.74) is 4.94. The summed E-state index contributed by atoms with van der Waals surface area (Å²) in [6.07, 6.45) is 0. The lowest BCUT2D eigenvalue weighted by molar-refractivity contribution is -0.118. The number of carbonyl (C=O) groups excluding carboxylic acids is 2. The predicted octanol–water partition coefficient (Wildman–Crippen LogP) is 5.90. The van der Waals surface area contributed by atoms with Crippen molar-refractivity contribution in [2.75, 3.05) is 43.0 Å². The number of hydrogen-bond acceptors (Lipinski definition) is 4. The molecule has 0 radical (unpaired) electrons. The smallest absolute Gasteiger partial charge is 0.262 e. The normalized spacial score (nSPS) is 13.5. The largest absolute Gasteiger partial charge is 0.484 e. The first-order valence-corrected chi connectivity index (χ1v) is 12.6. The van der Waals surface area contributed by atoms with E-state index in [0.29, 0.717) is 53.2 Å². The molecule has 1 fully saturated rings. The minimum Gasteiger partial charge on any atom is -0.484 e. The quantitative estimate of drug-likeness (QED) is 0.435. The molecular formula is C28H29Cl2N3O3. The number of halogens is 2. The van der Waals surface area contributed by atoms with Gasteiger partial charge in [0.1, 0.15) is 5.75 Å². The van der Waals surface area contributed by atoms with Crippen molar-refractivity contribution in [3.05, 3.63) is 86.9 Å². The van der Waals surface area contributed by atoms with Crippen LogP contribution in [0.1, 0.15) is 27.0 Å². The molecule has 0 spiro atoms. The third-order valence-corrected chi connectivity index (χ3v) is 7.12. The molecule has 3 aromatic carbocycles. The molecule has 36 heavy (non-hydrogen) atoms.